The number of hydrogen-bond donors (Lipinski definition) is 2. The van der Waals surface area contributed by atoms with Crippen LogP contribution in [0.25, 0.3) is 0 Å². The Morgan fingerprint density at radius 2 is 1.88 bits per heavy atom. The van der Waals surface area contributed by atoms with Crippen molar-refractivity contribution in [3.8, 4) is 5.75 Å². The van der Waals surface area contributed by atoms with Gasteiger partial charge in [0.25, 0.3) is 0 Å². The molecule has 9 heteroatoms. The van der Waals surface area contributed by atoms with E-state index in [1.807, 2.05) is 0 Å². The van der Waals surface area contributed by atoms with Gasteiger partial charge in [0, 0.05) is 5.02 Å². The molecule has 0 unspecified atom stereocenters. The molecule has 0 heterocycles. The highest BCUT2D eigenvalue weighted by Gasteiger charge is 2.29. The van der Waals surface area contributed by atoms with Crippen molar-refractivity contribution in [2.45, 2.75) is 24.3 Å². The maximum Gasteiger partial charge on any atom is 0.335 e. The van der Waals surface area contributed by atoms with Crippen LogP contribution in [0.15, 0.2) is 45.8 Å². The predicted octanol–water partition coefficient (Wildman–Crippen LogP) is 4.02. The summed E-state index contributed by atoms with van der Waals surface area (Å²) < 4.78 is 34.1. The van der Waals surface area contributed by atoms with Crippen LogP contribution in [0.1, 0.15) is 29.8 Å². The van der Waals surface area contributed by atoms with Crippen molar-refractivity contribution in [2.24, 2.45) is 0 Å². The van der Waals surface area contributed by atoms with Crippen molar-refractivity contribution in [1.29, 1.82) is 0 Å². The first-order valence-electron chi connectivity index (χ1n) is 7.38. The summed E-state index contributed by atoms with van der Waals surface area (Å²) in [7, 11) is -2.51. The van der Waals surface area contributed by atoms with E-state index in [1.54, 1.807) is 32.0 Å². The first-order chi connectivity index (χ1) is 12.0. The average molecular weight is 463 g/mol. The second kappa shape index (κ2) is 7.56. The number of carboxylic acids is 1. The zero-order valence-corrected chi connectivity index (χ0v) is 17.4. The molecule has 0 spiro atoms. The molecule has 0 aliphatic rings. The number of benzene rings is 2. The monoisotopic (exact) mass is 461 g/mol. The van der Waals surface area contributed by atoms with Crippen LogP contribution in [0.2, 0.25) is 5.02 Å². The Bertz CT molecular complexity index is 960. The Morgan fingerprint density at radius 3 is 2.46 bits per heavy atom. The van der Waals surface area contributed by atoms with E-state index < -0.39 is 21.5 Å². The van der Waals surface area contributed by atoms with Gasteiger partial charge in [-0.15, -0.1) is 0 Å². The van der Waals surface area contributed by atoms with Crippen molar-refractivity contribution >= 4 is 43.5 Å². The fourth-order valence-corrected chi connectivity index (χ4v) is 4.52. The molecule has 0 saturated carbocycles. The SMILES string of the molecule is COc1cc(C(C)(C)NS(=O)(=O)c2cc(Cl)cc(C(=O)O)c2)ccc1Br. The van der Waals surface area contributed by atoms with Crippen LogP contribution in [-0.2, 0) is 15.6 Å². The second-order valence-electron chi connectivity index (χ2n) is 6.06. The molecule has 6 nitrogen and oxygen atoms in total. The Kier molecular flexibility index (Phi) is 6.02. The highest BCUT2D eigenvalue weighted by Crippen LogP contribution is 2.31. The summed E-state index contributed by atoms with van der Waals surface area (Å²) in [6.07, 6.45) is 0. The van der Waals surface area contributed by atoms with E-state index in [2.05, 4.69) is 20.7 Å². The summed E-state index contributed by atoms with van der Waals surface area (Å²) in [6.45, 7) is 3.38. The van der Waals surface area contributed by atoms with Gasteiger partial charge in [-0.05, 0) is 65.7 Å². The molecular weight excluding hydrogens is 446 g/mol. The third-order valence-electron chi connectivity index (χ3n) is 3.69. The minimum Gasteiger partial charge on any atom is -0.496 e. The lowest BCUT2D eigenvalue weighted by Crippen LogP contribution is -2.41. The number of halogens is 2. The summed E-state index contributed by atoms with van der Waals surface area (Å²) in [5, 5.41) is 9.12. The van der Waals surface area contributed by atoms with E-state index in [0.29, 0.717) is 11.3 Å². The summed E-state index contributed by atoms with van der Waals surface area (Å²) >= 11 is 9.22. The smallest absolute Gasteiger partial charge is 0.335 e. The van der Waals surface area contributed by atoms with Crippen LogP contribution < -0.4 is 9.46 Å². The van der Waals surface area contributed by atoms with Crippen LogP contribution in [0.4, 0.5) is 0 Å². The molecule has 0 aliphatic carbocycles. The highest BCUT2D eigenvalue weighted by molar-refractivity contribution is 9.10. The lowest BCUT2D eigenvalue weighted by Gasteiger charge is -2.27. The molecular formula is C17H17BrClNO5S. The van der Waals surface area contributed by atoms with Crippen molar-refractivity contribution in [3.63, 3.8) is 0 Å². The molecule has 0 bridgehead atoms. The standard InChI is InChI=1S/C17H17BrClNO5S/c1-17(2,11-4-5-14(18)15(8-11)25-3)20-26(23,24)13-7-10(16(21)22)6-12(19)9-13/h4-9,20H,1-3H3,(H,21,22). The summed E-state index contributed by atoms with van der Waals surface area (Å²) in [4.78, 5) is 10.9. The van der Waals surface area contributed by atoms with E-state index in [1.165, 1.54) is 19.2 Å². The number of hydrogen-bond acceptors (Lipinski definition) is 4. The largest absolute Gasteiger partial charge is 0.496 e. The first kappa shape index (κ1) is 20.7. The van der Waals surface area contributed by atoms with Gasteiger partial charge < -0.3 is 9.84 Å². The molecule has 0 aliphatic heterocycles. The van der Waals surface area contributed by atoms with Crippen LogP contribution in [0, 0.1) is 0 Å². The number of nitrogens with one attached hydrogen (secondary N) is 1. The number of rotatable bonds is 6. The maximum absolute atomic E-state index is 12.8. The number of sulfonamides is 1. The molecule has 0 radical (unpaired) electrons. The van der Waals surface area contributed by atoms with Crippen LogP contribution >= 0.6 is 27.5 Å². The number of aromatic carboxylic acids is 1. The Balaban J connectivity index is 2.43. The van der Waals surface area contributed by atoms with Gasteiger partial charge in [-0.2, -0.15) is 0 Å². The topological polar surface area (TPSA) is 92.7 Å². The molecule has 2 aromatic carbocycles. The lowest BCUT2D eigenvalue weighted by atomic mass is 9.95. The van der Waals surface area contributed by atoms with E-state index >= 15 is 0 Å². The molecule has 2 rings (SSSR count). The highest BCUT2D eigenvalue weighted by atomic mass is 79.9. The molecule has 0 fully saturated rings. The molecule has 2 N–H and O–H groups in total. The third-order valence-corrected chi connectivity index (χ3v) is 6.20. The molecule has 0 atom stereocenters. The first-order valence-corrected chi connectivity index (χ1v) is 10.0. The quantitative estimate of drug-likeness (QED) is 0.676. The minimum absolute atomic E-state index is 0.0217. The minimum atomic E-state index is -4.02. The zero-order valence-electron chi connectivity index (χ0n) is 14.2. The lowest BCUT2D eigenvalue weighted by molar-refractivity contribution is 0.0696. The van der Waals surface area contributed by atoms with Gasteiger partial charge in [0.05, 0.1) is 27.6 Å². The number of carbonyl (C=O) groups is 1. The fraction of sp³-hybridized carbons (Fsp3) is 0.235. The Morgan fingerprint density at radius 1 is 1.23 bits per heavy atom. The van der Waals surface area contributed by atoms with Gasteiger partial charge in [-0.3, -0.25) is 0 Å². The van der Waals surface area contributed by atoms with Gasteiger partial charge in [-0.1, -0.05) is 17.7 Å². The van der Waals surface area contributed by atoms with E-state index in [0.717, 1.165) is 10.5 Å². The number of carboxylic acid groups (broad SMARTS) is 1. The van der Waals surface area contributed by atoms with Gasteiger partial charge in [0.15, 0.2) is 0 Å². The molecule has 2 aromatic rings. The summed E-state index contributed by atoms with van der Waals surface area (Å²) in [5.41, 5.74) is -0.527. The summed E-state index contributed by atoms with van der Waals surface area (Å²) in [5.74, 6) is -0.702. The Labute approximate surface area is 165 Å². The van der Waals surface area contributed by atoms with E-state index in [9.17, 15) is 13.2 Å². The second-order valence-corrected chi connectivity index (χ2v) is 9.03. The normalized spacial score (nSPS) is 12.0. The van der Waals surface area contributed by atoms with E-state index in [4.69, 9.17) is 21.4 Å². The predicted molar refractivity (Wildman–Crippen MR) is 102 cm³/mol. The summed E-state index contributed by atoms with van der Waals surface area (Å²) in [6, 6.07) is 8.69. The van der Waals surface area contributed by atoms with Crippen LogP contribution in [0.3, 0.4) is 0 Å². The molecule has 140 valence electrons. The third kappa shape index (κ3) is 4.56. The molecule has 0 aromatic heterocycles. The van der Waals surface area contributed by atoms with Gasteiger partial charge in [-0.25, -0.2) is 17.9 Å². The van der Waals surface area contributed by atoms with Gasteiger partial charge >= 0.3 is 5.97 Å². The zero-order chi connectivity index (χ0) is 19.7. The maximum atomic E-state index is 12.8. The van der Waals surface area contributed by atoms with Crippen molar-refractivity contribution in [3.05, 3.63) is 57.0 Å². The average Bonchev–Trinajstić information content (AvgIpc) is 2.53. The number of ether oxygens (including phenoxy) is 1. The van der Waals surface area contributed by atoms with Crippen LogP contribution in [0.5, 0.6) is 5.75 Å². The van der Waals surface area contributed by atoms with E-state index in [-0.39, 0.29) is 15.5 Å². The number of methoxy groups -OCH3 is 1. The van der Waals surface area contributed by atoms with Crippen molar-refractivity contribution < 1.29 is 23.1 Å². The molecule has 0 saturated heterocycles. The van der Waals surface area contributed by atoms with Gasteiger partial charge in [0.1, 0.15) is 5.75 Å². The van der Waals surface area contributed by atoms with Gasteiger partial charge in [0.2, 0.25) is 10.0 Å². The molecule has 26 heavy (non-hydrogen) atoms. The van der Waals surface area contributed by atoms with Crippen molar-refractivity contribution in [2.75, 3.05) is 7.11 Å². The molecule has 0 amide bonds. The Hall–Kier alpha value is -1.61. The van der Waals surface area contributed by atoms with Crippen molar-refractivity contribution in [1.82, 2.24) is 4.72 Å². The fourth-order valence-electron chi connectivity index (χ4n) is 2.34. The van der Waals surface area contributed by atoms with Crippen LogP contribution in [-0.4, -0.2) is 26.6 Å².